The zero-order valence-corrected chi connectivity index (χ0v) is 13.3. The number of carbonyl (C=O) groups is 1. The van der Waals surface area contributed by atoms with Gasteiger partial charge < -0.3 is 10.5 Å². The lowest BCUT2D eigenvalue weighted by atomic mass is 9.98. The number of rotatable bonds is 5. The van der Waals surface area contributed by atoms with Crippen LogP contribution >= 0.6 is 0 Å². The Hall–Kier alpha value is -1.40. The van der Waals surface area contributed by atoms with E-state index in [2.05, 4.69) is 0 Å². The van der Waals surface area contributed by atoms with Gasteiger partial charge in [0.25, 0.3) is 0 Å². The van der Waals surface area contributed by atoms with Crippen molar-refractivity contribution in [3.05, 3.63) is 35.4 Å². The lowest BCUT2D eigenvalue weighted by molar-refractivity contribution is -0.149. The van der Waals surface area contributed by atoms with Crippen LogP contribution < -0.4 is 5.73 Å². The van der Waals surface area contributed by atoms with Gasteiger partial charge in [-0.2, -0.15) is 0 Å². The number of carbonyl (C=O) groups excluding carboxylic acids is 1. The quantitative estimate of drug-likeness (QED) is 0.820. The Bertz CT molecular complexity index is 638. The molecule has 1 aliphatic rings. The first-order valence-corrected chi connectivity index (χ1v) is 8.87. The van der Waals surface area contributed by atoms with Crippen molar-refractivity contribution >= 4 is 15.8 Å². The van der Waals surface area contributed by atoms with Crippen molar-refractivity contribution in [3.63, 3.8) is 0 Å². The number of esters is 1. The van der Waals surface area contributed by atoms with E-state index in [0.717, 1.165) is 17.4 Å². The summed E-state index contributed by atoms with van der Waals surface area (Å²) in [4.78, 5) is 12.3. The van der Waals surface area contributed by atoms with Crippen molar-refractivity contribution in [2.75, 3.05) is 19.4 Å². The van der Waals surface area contributed by atoms with E-state index in [0.29, 0.717) is 0 Å². The molecular formula is C15H21NO4S. The van der Waals surface area contributed by atoms with E-state index in [-0.39, 0.29) is 13.2 Å². The standard InChI is InChI=1S/C15H21NO4S/c1-4-20-14(17)15(9-16)12(13(15)21(3,18)19)11-7-5-10(2)6-8-11/h5-8,12-13H,4,9,16H2,1-3H3/t12-,13+,15+/m0/s1. The van der Waals surface area contributed by atoms with Gasteiger partial charge in [0.1, 0.15) is 5.41 Å². The maximum Gasteiger partial charge on any atom is 0.315 e. The molecule has 1 saturated carbocycles. The minimum absolute atomic E-state index is 0.0396. The van der Waals surface area contributed by atoms with Gasteiger partial charge in [-0.25, -0.2) is 8.42 Å². The molecule has 1 fully saturated rings. The first-order valence-electron chi connectivity index (χ1n) is 6.91. The maximum absolute atomic E-state index is 12.3. The largest absolute Gasteiger partial charge is 0.465 e. The number of ether oxygens (including phenoxy) is 1. The van der Waals surface area contributed by atoms with Crippen molar-refractivity contribution in [2.24, 2.45) is 11.1 Å². The van der Waals surface area contributed by atoms with Gasteiger partial charge in [0.2, 0.25) is 0 Å². The predicted octanol–water partition coefficient (Wildman–Crippen LogP) is 1.01. The topological polar surface area (TPSA) is 86.5 Å². The van der Waals surface area contributed by atoms with Gasteiger partial charge in [-0.05, 0) is 19.4 Å². The molecule has 0 unspecified atom stereocenters. The highest BCUT2D eigenvalue weighted by Crippen LogP contribution is 2.62. The average Bonchev–Trinajstić information content (AvgIpc) is 3.10. The summed E-state index contributed by atoms with van der Waals surface area (Å²) in [5.41, 5.74) is 6.51. The van der Waals surface area contributed by atoms with Gasteiger partial charge in [0.15, 0.2) is 9.84 Å². The molecule has 2 N–H and O–H groups in total. The fraction of sp³-hybridized carbons (Fsp3) is 0.533. The van der Waals surface area contributed by atoms with E-state index in [1.165, 1.54) is 0 Å². The minimum Gasteiger partial charge on any atom is -0.465 e. The summed E-state index contributed by atoms with van der Waals surface area (Å²) < 4.78 is 29.2. The van der Waals surface area contributed by atoms with Crippen LogP contribution in [-0.4, -0.2) is 39.0 Å². The lowest BCUT2D eigenvalue weighted by Crippen LogP contribution is -2.33. The van der Waals surface area contributed by atoms with Crippen LogP contribution in [0.1, 0.15) is 24.0 Å². The Morgan fingerprint density at radius 2 is 1.90 bits per heavy atom. The Morgan fingerprint density at radius 1 is 1.33 bits per heavy atom. The van der Waals surface area contributed by atoms with Gasteiger partial charge in [-0.15, -0.1) is 0 Å². The highest BCUT2D eigenvalue weighted by Gasteiger charge is 2.74. The van der Waals surface area contributed by atoms with Crippen LogP contribution in [0.3, 0.4) is 0 Å². The van der Waals surface area contributed by atoms with Crippen LogP contribution in [0, 0.1) is 12.3 Å². The van der Waals surface area contributed by atoms with E-state index in [1.54, 1.807) is 6.92 Å². The molecule has 0 radical (unpaired) electrons. The van der Waals surface area contributed by atoms with Crippen molar-refractivity contribution < 1.29 is 17.9 Å². The van der Waals surface area contributed by atoms with Gasteiger partial charge in [0.05, 0.1) is 11.9 Å². The molecular weight excluding hydrogens is 290 g/mol. The Labute approximate surface area is 125 Å². The van der Waals surface area contributed by atoms with Crippen LogP contribution in [-0.2, 0) is 19.4 Å². The number of nitrogens with two attached hydrogens (primary N) is 1. The molecule has 0 aromatic heterocycles. The molecule has 116 valence electrons. The van der Waals surface area contributed by atoms with E-state index in [9.17, 15) is 13.2 Å². The van der Waals surface area contributed by atoms with Crippen LogP contribution in [0.15, 0.2) is 24.3 Å². The Morgan fingerprint density at radius 3 is 2.33 bits per heavy atom. The van der Waals surface area contributed by atoms with E-state index in [4.69, 9.17) is 10.5 Å². The number of hydrogen-bond acceptors (Lipinski definition) is 5. The molecule has 1 aromatic rings. The average molecular weight is 311 g/mol. The molecule has 0 heterocycles. The van der Waals surface area contributed by atoms with Gasteiger partial charge >= 0.3 is 5.97 Å². The second-order valence-corrected chi connectivity index (χ2v) is 7.77. The summed E-state index contributed by atoms with van der Waals surface area (Å²) in [5.74, 6) is -0.953. The number of aryl methyl sites for hydroxylation is 1. The molecule has 0 spiro atoms. The summed E-state index contributed by atoms with van der Waals surface area (Å²) in [5, 5.41) is -0.809. The second kappa shape index (κ2) is 5.42. The first-order chi connectivity index (χ1) is 9.79. The molecule has 1 aromatic carbocycles. The molecule has 0 bridgehead atoms. The molecule has 21 heavy (non-hydrogen) atoms. The molecule has 5 nitrogen and oxygen atoms in total. The summed E-state index contributed by atoms with van der Waals surface area (Å²) in [6, 6.07) is 7.52. The SMILES string of the molecule is CCOC(=O)[C@@]1(CN)[C@H](S(C)(=O)=O)[C@@H]1c1ccc(C)cc1. The third-order valence-corrected chi connectivity index (χ3v) is 5.76. The molecule has 0 amide bonds. The number of benzene rings is 1. The Kier molecular flexibility index (Phi) is 4.13. The van der Waals surface area contributed by atoms with Crippen LogP contribution in [0.4, 0.5) is 0 Å². The number of sulfone groups is 1. The van der Waals surface area contributed by atoms with Crippen LogP contribution in [0.2, 0.25) is 0 Å². The van der Waals surface area contributed by atoms with Crippen molar-refractivity contribution in [2.45, 2.75) is 25.0 Å². The highest BCUT2D eigenvalue weighted by atomic mass is 32.2. The normalized spacial score (nSPS) is 28.2. The third kappa shape index (κ3) is 2.58. The van der Waals surface area contributed by atoms with Gasteiger partial charge in [-0.3, -0.25) is 4.79 Å². The first kappa shape index (κ1) is 16.0. The third-order valence-electron chi connectivity index (χ3n) is 4.15. The van der Waals surface area contributed by atoms with Crippen LogP contribution in [0.25, 0.3) is 0 Å². The zero-order valence-electron chi connectivity index (χ0n) is 12.5. The molecule has 6 heteroatoms. The molecule has 0 saturated heterocycles. The maximum atomic E-state index is 12.3. The predicted molar refractivity (Wildman–Crippen MR) is 80.7 cm³/mol. The van der Waals surface area contributed by atoms with Crippen LogP contribution in [0.5, 0.6) is 0 Å². The molecule has 0 aliphatic heterocycles. The van der Waals surface area contributed by atoms with Gasteiger partial charge in [0, 0.05) is 18.7 Å². The van der Waals surface area contributed by atoms with E-state index < -0.39 is 32.4 Å². The van der Waals surface area contributed by atoms with E-state index >= 15 is 0 Å². The highest BCUT2D eigenvalue weighted by molar-refractivity contribution is 7.91. The number of hydrogen-bond donors (Lipinski definition) is 1. The fourth-order valence-electron chi connectivity index (χ4n) is 3.11. The smallest absolute Gasteiger partial charge is 0.315 e. The van der Waals surface area contributed by atoms with Gasteiger partial charge in [-0.1, -0.05) is 29.8 Å². The van der Waals surface area contributed by atoms with Crippen molar-refractivity contribution in [1.29, 1.82) is 0 Å². The van der Waals surface area contributed by atoms with Crippen molar-refractivity contribution in [3.8, 4) is 0 Å². The second-order valence-electron chi connectivity index (χ2n) is 5.60. The molecule has 3 atom stereocenters. The summed E-state index contributed by atoms with van der Waals surface area (Å²) >= 11 is 0. The summed E-state index contributed by atoms with van der Waals surface area (Å²) in [6.45, 7) is 3.81. The fourth-order valence-corrected chi connectivity index (χ4v) is 5.03. The zero-order chi connectivity index (χ0) is 15.8. The minimum atomic E-state index is -3.40. The Balaban J connectivity index is 2.47. The van der Waals surface area contributed by atoms with E-state index in [1.807, 2.05) is 31.2 Å². The molecule has 1 aliphatic carbocycles. The summed E-state index contributed by atoms with van der Waals surface area (Å²) in [6.07, 6.45) is 1.15. The lowest BCUT2D eigenvalue weighted by Gasteiger charge is -2.14. The summed E-state index contributed by atoms with van der Waals surface area (Å²) in [7, 11) is -3.40. The monoisotopic (exact) mass is 311 g/mol. The van der Waals surface area contributed by atoms with Crippen molar-refractivity contribution in [1.82, 2.24) is 0 Å². The molecule has 2 rings (SSSR count).